The van der Waals surface area contributed by atoms with Gasteiger partial charge < -0.3 is 10.4 Å². The monoisotopic (exact) mass is 329 g/mol. The number of thioether (sulfide) groups is 1. The van der Waals surface area contributed by atoms with Gasteiger partial charge in [0.15, 0.2) is 0 Å². The lowest BCUT2D eigenvalue weighted by Gasteiger charge is -2.23. The number of rotatable bonds is 6. The van der Waals surface area contributed by atoms with Crippen molar-refractivity contribution < 1.29 is 9.90 Å². The first-order chi connectivity index (χ1) is 11.0. The molecule has 3 atom stereocenters. The zero-order valence-electron chi connectivity index (χ0n) is 13.7. The van der Waals surface area contributed by atoms with E-state index in [9.17, 15) is 9.90 Å². The molecule has 122 valence electrons. The van der Waals surface area contributed by atoms with E-state index >= 15 is 0 Å². The molecule has 0 spiro atoms. The number of hydrogen-bond acceptors (Lipinski definition) is 3. The van der Waals surface area contributed by atoms with Gasteiger partial charge in [-0.2, -0.15) is 0 Å². The topological polar surface area (TPSA) is 49.3 Å². The van der Waals surface area contributed by atoms with Crippen LogP contribution in [0.2, 0.25) is 0 Å². The average molecular weight is 329 g/mol. The Labute approximate surface area is 142 Å². The van der Waals surface area contributed by atoms with Crippen molar-refractivity contribution in [1.82, 2.24) is 5.32 Å². The fraction of sp³-hybridized carbons (Fsp3) is 0.316. The molecule has 0 radical (unpaired) electrons. The molecular weight excluding hydrogens is 306 g/mol. The second kappa shape index (κ2) is 8.18. The van der Waals surface area contributed by atoms with Gasteiger partial charge in [-0.1, -0.05) is 42.5 Å². The highest BCUT2D eigenvalue weighted by atomic mass is 32.2. The zero-order chi connectivity index (χ0) is 16.8. The molecule has 4 heteroatoms. The molecule has 3 unspecified atom stereocenters. The molecule has 0 saturated carbocycles. The zero-order valence-corrected chi connectivity index (χ0v) is 14.5. The number of aliphatic hydroxyl groups excluding tert-OH is 1. The van der Waals surface area contributed by atoms with Gasteiger partial charge in [0.25, 0.3) is 0 Å². The summed E-state index contributed by atoms with van der Waals surface area (Å²) in [4.78, 5) is 13.6. The molecule has 2 aromatic rings. The predicted octanol–water partition coefficient (Wildman–Crippen LogP) is 3.75. The molecule has 2 rings (SSSR count). The Bertz CT molecular complexity index is 645. The van der Waals surface area contributed by atoms with Gasteiger partial charge in [0.1, 0.15) is 0 Å². The lowest BCUT2D eigenvalue weighted by Crippen LogP contribution is -2.39. The summed E-state index contributed by atoms with van der Waals surface area (Å²) in [5.74, 6) is -0.335. The molecule has 2 aromatic carbocycles. The maximum atomic E-state index is 12.5. The van der Waals surface area contributed by atoms with Crippen molar-refractivity contribution in [1.29, 1.82) is 0 Å². The fourth-order valence-corrected chi connectivity index (χ4v) is 2.90. The van der Waals surface area contributed by atoms with Gasteiger partial charge in [-0.15, -0.1) is 11.8 Å². The highest BCUT2D eigenvalue weighted by Crippen LogP contribution is 2.23. The number of carbonyl (C=O) groups is 1. The quantitative estimate of drug-likeness (QED) is 0.794. The van der Waals surface area contributed by atoms with E-state index in [1.54, 1.807) is 11.8 Å². The van der Waals surface area contributed by atoms with Gasteiger partial charge in [-0.3, -0.25) is 4.79 Å². The Morgan fingerprint density at radius 1 is 1.04 bits per heavy atom. The largest absolute Gasteiger partial charge is 0.386 e. The van der Waals surface area contributed by atoms with Gasteiger partial charge in [0.05, 0.1) is 18.1 Å². The molecule has 0 aliphatic heterocycles. The Balaban J connectivity index is 2.02. The molecule has 0 heterocycles. The Kier molecular flexibility index (Phi) is 6.25. The number of hydrogen-bond donors (Lipinski definition) is 2. The number of carbonyl (C=O) groups excluding carboxylic acids is 1. The summed E-state index contributed by atoms with van der Waals surface area (Å²) in [6.07, 6.45) is 1.30. The molecule has 0 aromatic heterocycles. The number of benzene rings is 2. The number of amides is 1. The fourth-order valence-electron chi connectivity index (χ4n) is 2.43. The average Bonchev–Trinajstić information content (AvgIpc) is 2.61. The summed E-state index contributed by atoms with van der Waals surface area (Å²) in [7, 11) is 0. The van der Waals surface area contributed by atoms with Crippen LogP contribution >= 0.6 is 11.8 Å². The summed E-state index contributed by atoms with van der Waals surface area (Å²) in [6, 6.07) is 17.0. The van der Waals surface area contributed by atoms with Gasteiger partial charge >= 0.3 is 0 Å². The third-order valence-electron chi connectivity index (χ3n) is 3.97. The van der Waals surface area contributed by atoms with Crippen LogP contribution in [0.5, 0.6) is 0 Å². The maximum Gasteiger partial charge on any atom is 0.227 e. The first-order valence-electron chi connectivity index (χ1n) is 7.70. The lowest BCUT2D eigenvalue weighted by molar-refractivity contribution is -0.123. The Hall–Kier alpha value is -1.78. The van der Waals surface area contributed by atoms with Crippen LogP contribution in [0.25, 0.3) is 0 Å². The predicted molar refractivity (Wildman–Crippen MR) is 95.6 cm³/mol. The van der Waals surface area contributed by atoms with Crippen molar-refractivity contribution in [2.45, 2.75) is 36.8 Å². The molecule has 23 heavy (non-hydrogen) atoms. The summed E-state index contributed by atoms with van der Waals surface area (Å²) < 4.78 is 0. The van der Waals surface area contributed by atoms with Crippen molar-refractivity contribution in [3.63, 3.8) is 0 Å². The highest BCUT2D eigenvalue weighted by Gasteiger charge is 2.22. The summed E-state index contributed by atoms with van der Waals surface area (Å²) in [5, 5.41) is 13.3. The molecule has 0 fully saturated rings. The van der Waals surface area contributed by atoms with E-state index in [1.165, 1.54) is 0 Å². The third kappa shape index (κ3) is 4.60. The van der Waals surface area contributed by atoms with E-state index in [1.807, 2.05) is 74.7 Å². The second-order valence-electron chi connectivity index (χ2n) is 5.65. The second-order valence-corrected chi connectivity index (χ2v) is 6.53. The van der Waals surface area contributed by atoms with E-state index in [0.717, 1.165) is 16.0 Å². The number of nitrogens with one attached hydrogen (secondary N) is 1. The van der Waals surface area contributed by atoms with Crippen LogP contribution < -0.4 is 5.32 Å². The van der Waals surface area contributed by atoms with Crippen LogP contribution in [0.3, 0.4) is 0 Å². The molecule has 0 saturated heterocycles. The smallest absolute Gasteiger partial charge is 0.227 e. The summed E-state index contributed by atoms with van der Waals surface area (Å²) in [5.41, 5.74) is 1.79. The minimum absolute atomic E-state index is 0.0780. The minimum Gasteiger partial charge on any atom is -0.386 e. The standard InChI is InChI=1S/C19H23NO2S/c1-13(16-10-7-11-17(12-16)23-3)19(22)20-14(2)18(21)15-8-5-4-6-9-15/h4-14,18,21H,1-3H3,(H,20,22). The van der Waals surface area contributed by atoms with E-state index in [0.29, 0.717) is 0 Å². The van der Waals surface area contributed by atoms with Crippen LogP contribution in [0, 0.1) is 0 Å². The van der Waals surface area contributed by atoms with Crippen LogP contribution in [0.4, 0.5) is 0 Å². The van der Waals surface area contributed by atoms with Crippen LogP contribution in [0.1, 0.15) is 37.0 Å². The van der Waals surface area contributed by atoms with Gasteiger partial charge in [-0.25, -0.2) is 0 Å². The van der Waals surface area contributed by atoms with Crippen LogP contribution in [0.15, 0.2) is 59.5 Å². The van der Waals surface area contributed by atoms with Gasteiger partial charge in [0.2, 0.25) is 5.91 Å². The molecule has 2 N–H and O–H groups in total. The third-order valence-corrected chi connectivity index (χ3v) is 4.70. The molecule has 0 bridgehead atoms. The van der Waals surface area contributed by atoms with E-state index < -0.39 is 6.10 Å². The Morgan fingerprint density at radius 3 is 2.35 bits per heavy atom. The normalized spacial score (nSPS) is 14.8. The lowest BCUT2D eigenvalue weighted by atomic mass is 9.98. The molecule has 3 nitrogen and oxygen atoms in total. The van der Waals surface area contributed by atoms with E-state index in [4.69, 9.17) is 0 Å². The SMILES string of the molecule is CSc1cccc(C(C)C(=O)NC(C)C(O)c2ccccc2)c1. The van der Waals surface area contributed by atoms with Crippen molar-refractivity contribution in [3.8, 4) is 0 Å². The first-order valence-corrected chi connectivity index (χ1v) is 8.92. The number of aliphatic hydroxyl groups is 1. The van der Waals surface area contributed by atoms with Gasteiger partial charge in [-0.05, 0) is 43.4 Å². The van der Waals surface area contributed by atoms with Gasteiger partial charge in [0, 0.05) is 4.90 Å². The minimum atomic E-state index is -0.718. The van der Waals surface area contributed by atoms with Crippen molar-refractivity contribution in [2.24, 2.45) is 0 Å². The first kappa shape index (κ1) is 17.6. The molecular formula is C19H23NO2S. The summed E-state index contributed by atoms with van der Waals surface area (Å²) >= 11 is 1.66. The van der Waals surface area contributed by atoms with E-state index in [-0.39, 0.29) is 17.9 Å². The van der Waals surface area contributed by atoms with Crippen molar-refractivity contribution in [2.75, 3.05) is 6.26 Å². The highest BCUT2D eigenvalue weighted by molar-refractivity contribution is 7.98. The maximum absolute atomic E-state index is 12.5. The summed E-state index contributed by atoms with van der Waals surface area (Å²) in [6.45, 7) is 3.71. The molecule has 1 amide bonds. The van der Waals surface area contributed by atoms with Crippen molar-refractivity contribution in [3.05, 3.63) is 65.7 Å². The van der Waals surface area contributed by atoms with Crippen LogP contribution in [-0.2, 0) is 4.79 Å². The Morgan fingerprint density at radius 2 is 1.70 bits per heavy atom. The van der Waals surface area contributed by atoms with Crippen molar-refractivity contribution >= 4 is 17.7 Å². The van der Waals surface area contributed by atoms with E-state index in [2.05, 4.69) is 5.32 Å². The molecule has 0 aliphatic rings. The van der Waals surface area contributed by atoms with Crippen LogP contribution in [-0.4, -0.2) is 23.3 Å². The molecule has 0 aliphatic carbocycles.